The minimum Gasteiger partial charge on any atom is -0.335 e. The van der Waals surface area contributed by atoms with E-state index < -0.39 is 11.6 Å². The van der Waals surface area contributed by atoms with E-state index in [2.05, 4.69) is 37.1 Å². The van der Waals surface area contributed by atoms with Crippen molar-refractivity contribution in [1.29, 1.82) is 0 Å². The Kier molecular flexibility index (Phi) is 9.03. The van der Waals surface area contributed by atoms with Crippen LogP contribution in [0.5, 0.6) is 0 Å². The molecule has 1 aromatic carbocycles. The zero-order valence-electron chi connectivity index (χ0n) is 23.9. The highest BCUT2D eigenvalue weighted by atomic mass is 19.1. The first-order valence-corrected chi connectivity index (χ1v) is 13.7. The number of pyridine rings is 1. The van der Waals surface area contributed by atoms with Crippen molar-refractivity contribution >= 4 is 28.7 Å². The minimum atomic E-state index is -0.690. The number of aromatic nitrogens is 5. The lowest BCUT2D eigenvalue weighted by Gasteiger charge is -2.33. The Morgan fingerprint density at radius 1 is 1.02 bits per heavy atom. The number of nitrogens with zero attached hydrogens (tertiary/aromatic N) is 7. The second kappa shape index (κ2) is 12.5. The van der Waals surface area contributed by atoms with Gasteiger partial charge in [0.2, 0.25) is 5.95 Å². The number of rotatable bonds is 6. The number of halogens is 2. The fourth-order valence-corrected chi connectivity index (χ4v) is 4.85. The predicted octanol–water partition coefficient (Wildman–Crippen LogP) is 5.60. The molecule has 0 saturated carbocycles. The van der Waals surface area contributed by atoms with Crippen LogP contribution in [0.2, 0.25) is 0 Å². The molecule has 5 rings (SSSR count). The topological polar surface area (TPSA) is 92.1 Å². The van der Waals surface area contributed by atoms with Crippen molar-refractivity contribution in [3.05, 3.63) is 59.7 Å². The van der Waals surface area contributed by atoms with Crippen LogP contribution in [-0.4, -0.2) is 72.9 Å². The van der Waals surface area contributed by atoms with Crippen LogP contribution in [0.15, 0.2) is 36.5 Å². The van der Waals surface area contributed by atoms with E-state index in [0.29, 0.717) is 35.9 Å². The number of likely N-dealkylation sites (N-methyl/N-ethyl adjacent to an activating group) is 1. The summed E-state index contributed by atoms with van der Waals surface area (Å²) in [4.78, 5) is 34.2. The van der Waals surface area contributed by atoms with Crippen LogP contribution in [0, 0.1) is 18.6 Å². The molecule has 4 heterocycles. The van der Waals surface area contributed by atoms with Gasteiger partial charge < -0.3 is 19.7 Å². The van der Waals surface area contributed by atoms with Gasteiger partial charge >= 0.3 is 0 Å². The van der Waals surface area contributed by atoms with Gasteiger partial charge in [-0.15, -0.1) is 0 Å². The average molecular weight is 551 g/mol. The van der Waals surface area contributed by atoms with Gasteiger partial charge in [0.1, 0.15) is 28.5 Å². The molecule has 0 unspecified atom stereocenters. The summed E-state index contributed by atoms with van der Waals surface area (Å²) in [5.41, 5.74) is 1.30. The van der Waals surface area contributed by atoms with Gasteiger partial charge in [0.05, 0.1) is 11.7 Å². The summed E-state index contributed by atoms with van der Waals surface area (Å²) in [5, 5.41) is 2.95. The molecule has 9 nitrogen and oxygen atoms in total. The molecule has 0 aliphatic carbocycles. The number of fused-ring (bicyclic) bond motifs is 1. The fraction of sp³-hybridized carbons (Fsp3) is 0.414. The number of carbonyl (C=O) groups is 1. The highest BCUT2D eigenvalue weighted by Gasteiger charge is 2.23. The smallest absolute Gasteiger partial charge is 0.272 e. The van der Waals surface area contributed by atoms with E-state index in [1.165, 1.54) is 6.07 Å². The second-order valence-electron chi connectivity index (χ2n) is 9.60. The maximum atomic E-state index is 15.0. The summed E-state index contributed by atoms with van der Waals surface area (Å²) in [6.45, 7) is 15.8. The van der Waals surface area contributed by atoms with Crippen LogP contribution in [-0.2, 0) is 0 Å². The molecule has 3 aromatic heterocycles. The number of benzene rings is 1. The van der Waals surface area contributed by atoms with Gasteiger partial charge in [0.15, 0.2) is 11.6 Å². The van der Waals surface area contributed by atoms with E-state index in [1.54, 1.807) is 29.2 Å². The number of anilines is 2. The Morgan fingerprint density at radius 2 is 1.75 bits per heavy atom. The lowest BCUT2D eigenvalue weighted by Crippen LogP contribution is -2.48. The molecule has 1 fully saturated rings. The molecule has 4 aromatic rings. The van der Waals surface area contributed by atoms with Crippen molar-refractivity contribution in [2.24, 2.45) is 0 Å². The van der Waals surface area contributed by atoms with Crippen molar-refractivity contribution in [3.63, 3.8) is 0 Å². The summed E-state index contributed by atoms with van der Waals surface area (Å²) in [6.07, 6.45) is 1.03. The third-order valence-electron chi connectivity index (χ3n) is 6.77. The van der Waals surface area contributed by atoms with Crippen molar-refractivity contribution in [3.8, 4) is 11.3 Å². The number of piperazine rings is 1. The van der Waals surface area contributed by atoms with Crippen molar-refractivity contribution in [2.75, 3.05) is 38.0 Å². The van der Waals surface area contributed by atoms with Gasteiger partial charge in [0.25, 0.3) is 5.91 Å². The van der Waals surface area contributed by atoms with Gasteiger partial charge in [0, 0.05) is 37.8 Å². The molecule has 0 spiro atoms. The largest absolute Gasteiger partial charge is 0.335 e. The molecular formula is C29H36F2N8O. The third kappa shape index (κ3) is 5.94. The standard InChI is InChI=1S/C27H30F2N8O.C2H6/c1-5-35-9-11-36(12-10-35)26(38)21-7-6-8-23(32-21)33-27-30-15-20(29)24(34-27)18-13-19(28)25-22(14-18)37(16(2)3)17(4)31-25;1-2/h6-8,13-16H,5,9-12H2,1-4H3,(H,30,32,33,34);1-2H3. The third-order valence-corrected chi connectivity index (χ3v) is 6.77. The first-order valence-electron chi connectivity index (χ1n) is 13.7. The van der Waals surface area contributed by atoms with E-state index in [-0.39, 0.29) is 34.7 Å². The van der Waals surface area contributed by atoms with E-state index in [9.17, 15) is 13.6 Å². The Hall–Kier alpha value is -3.99. The van der Waals surface area contributed by atoms with Gasteiger partial charge in [-0.05, 0) is 51.6 Å². The molecule has 11 heteroatoms. The summed E-state index contributed by atoms with van der Waals surface area (Å²) in [6, 6.07) is 8.00. The molecule has 0 radical (unpaired) electrons. The molecule has 1 N–H and O–H groups in total. The van der Waals surface area contributed by atoms with Gasteiger partial charge in [-0.2, -0.15) is 0 Å². The van der Waals surface area contributed by atoms with Crippen LogP contribution >= 0.6 is 0 Å². The Labute approximate surface area is 233 Å². The fourth-order valence-electron chi connectivity index (χ4n) is 4.85. The van der Waals surface area contributed by atoms with Crippen molar-refractivity contribution < 1.29 is 13.6 Å². The molecule has 1 aliphatic heterocycles. The van der Waals surface area contributed by atoms with E-state index in [0.717, 1.165) is 25.8 Å². The van der Waals surface area contributed by atoms with Gasteiger partial charge in [-0.3, -0.25) is 4.79 Å². The molecule has 40 heavy (non-hydrogen) atoms. The van der Waals surface area contributed by atoms with E-state index in [1.807, 2.05) is 39.2 Å². The lowest BCUT2D eigenvalue weighted by atomic mass is 10.1. The molecule has 0 bridgehead atoms. The Bertz CT molecular complexity index is 1500. The lowest BCUT2D eigenvalue weighted by molar-refractivity contribution is 0.0637. The van der Waals surface area contributed by atoms with Gasteiger partial charge in [-0.25, -0.2) is 28.7 Å². The van der Waals surface area contributed by atoms with Gasteiger partial charge in [-0.1, -0.05) is 26.8 Å². The minimum absolute atomic E-state index is 0.0405. The number of hydrogen-bond acceptors (Lipinski definition) is 7. The molecule has 1 aliphatic rings. The monoisotopic (exact) mass is 550 g/mol. The van der Waals surface area contributed by atoms with Crippen LogP contribution < -0.4 is 5.32 Å². The highest BCUT2D eigenvalue weighted by molar-refractivity contribution is 5.92. The van der Waals surface area contributed by atoms with E-state index >= 15 is 0 Å². The zero-order chi connectivity index (χ0) is 29.0. The number of imidazole rings is 1. The number of amides is 1. The summed E-state index contributed by atoms with van der Waals surface area (Å²) < 4.78 is 31.7. The number of nitrogens with one attached hydrogen (secondary N) is 1. The molecular weight excluding hydrogens is 514 g/mol. The molecule has 1 amide bonds. The first kappa shape index (κ1) is 29.0. The van der Waals surface area contributed by atoms with Crippen LogP contribution in [0.4, 0.5) is 20.5 Å². The summed E-state index contributed by atoms with van der Waals surface area (Å²) >= 11 is 0. The number of carbonyl (C=O) groups excluding carboxylic acids is 1. The Balaban J connectivity index is 0.00000181. The first-order chi connectivity index (χ1) is 19.2. The zero-order valence-corrected chi connectivity index (χ0v) is 23.9. The second-order valence-corrected chi connectivity index (χ2v) is 9.60. The Morgan fingerprint density at radius 3 is 2.42 bits per heavy atom. The van der Waals surface area contributed by atoms with E-state index in [4.69, 9.17) is 0 Å². The summed E-state index contributed by atoms with van der Waals surface area (Å²) in [7, 11) is 0. The normalized spacial score (nSPS) is 13.9. The SMILES string of the molecule is CC.CCN1CCN(C(=O)c2cccc(Nc3ncc(F)c(-c4cc(F)c5nc(C)n(C(C)C)c5c4)n3)n2)CC1. The molecule has 212 valence electrons. The van der Waals surface area contributed by atoms with Crippen molar-refractivity contribution in [1.82, 2.24) is 34.3 Å². The number of hydrogen-bond donors (Lipinski definition) is 1. The number of aryl methyl sites for hydroxylation is 1. The average Bonchev–Trinajstić information content (AvgIpc) is 3.31. The molecule has 0 atom stereocenters. The maximum absolute atomic E-state index is 15.0. The quantitative estimate of drug-likeness (QED) is 0.334. The summed E-state index contributed by atoms with van der Waals surface area (Å²) in [5.74, 6) is -0.306. The maximum Gasteiger partial charge on any atom is 0.272 e. The highest BCUT2D eigenvalue weighted by Crippen LogP contribution is 2.30. The van der Waals surface area contributed by atoms with Crippen molar-refractivity contribution in [2.45, 2.75) is 47.6 Å². The van der Waals surface area contributed by atoms with Crippen LogP contribution in [0.3, 0.4) is 0 Å². The predicted molar refractivity (Wildman–Crippen MR) is 153 cm³/mol. The van der Waals surface area contributed by atoms with Crippen LogP contribution in [0.1, 0.15) is 57.0 Å². The van der Waals surface area contributed by atoms with Crippen LogP contribution in [0.25, 0.3) is 22.3 Å². The molecule has 1 saturated heterocycles.